The summed E-state index contributed by atoms with van der Waals surface area (Å²) in [6.07, 6.45) is -2.34. The van der Waals surface area contributed by atoms with Gasteiger partial charge in [-0.2, -0.15) is 13.2 Å². The van der Waals surface area contributed by atoms with Crippen LogP contribution in [0.25, 0.3) is 0 Å². The quantitative estimate of drug-likeness (QED) is 0.662. The van der Waals surface area contributed by atoms with E-state index in [2.05, 4.69) is 10.1 Å². The topological polar surface area (TPSA) is 30.5 Å². The summed E-state index contributed by atoms with van der Waals surface area (Å²) in [6, 6.07) is 5.92. The first kappa shape index (κ1) is 14.1. The molecule has 1 aromatic rings. The summed E-state index contributed by atoms with van der Waals surface area (Å²) in [4.78, 5) is 0. The number of alkyl halides is 3. The van der Waals surface area contributed by atoms with E-state index in [4.69, 9.17) is 4.74 Å². The van der Waals surface area contributed by atoms with E-state index in [9.17, 15) is 13.2 Å². The Morgan fingerprint density at radius 3 is 2.84 bits per heavy atom. The van der Waals surface area contributed by atoms with Crippen molar-refractivity contribution in [2.24, 2.45) is 0 Å². The number of benzene rings is 1. The number of nitrogens with one attached hydrogen (secondary N) is 1. The first-order valence-corrected chi connectivity index (χ1v) is 6.07. The third-order valence-electron chi connectivity index (χ3n) is 3.12. The van der Waals surface area contributed by atoms with Crippen LogP contribution in [0.3, 0.4) is 0 Å². The Balaban J connectivity index is 1.86. The van der Waals surface area contributed by atoms with E-state index < -0.39 is 19.6 Å². The van der Waals surface area contributed by atoms with Crippen molar-refractivity contribution in [1.29, 1.82) is 0 Å². The van der Waals surface area contributed by atoms with Gasteiger partial charge >= 0.3 is 6.18 Å². The molecule has 2 rings (SSSR count). The first-order valence-electron chi connectivity index (χ1n) is 6.07. The predicted molar refractivity (Wildman–Crippen MR) is 64.1 cm³/mol. The summed E-state index contributed by atoms with van der Waals surface area (Å²) >= 11 is 0. The molecule has 1 aliphatic carbocycles. The molecular weight excluding hydrogens is 259 g/mol. The fourth-order valence-corrected chi connectivity index (χ4v) is 2.25. The van der Waals surface area contributed by atoms with Crippen molar-refractivity contribution in [2.75, 3.05) is 20.4 Å². The normalized spacial score (nSPS) is 18.4. The molecule has 6 heteroatoms. The summed E-state index contributed by atoms with van der Waals surface area (Å²) in [6.45, 7) is -1.69. The van der Waals surface area contributed by atoms with Gasteiger partial charge in [0.1, 0.15) is 12.4 Å². The van der Waals surface area contributed by atoms with Gasteiger partial charge in [0.25, 0.3) is 0 Å². The summed E-state index contributed by atoms with van der Waals surface area (Å²) in [7, 11) is 1.91. The molecule has 0 amide bonds. The zero-order chi connectivity index (χ0) is 13.9. The maximum Gasteiger partial charge on any atom is 0.411 e. The number of fused-ring (bicyclic) bond motifs is 1. The molecule has 106 valence electrons. The van der Waals surface area contributed by atoms with Crippen molar-refractivity contribution in [2.45, 2.75) is 25.1 Å². The predicted octanol–water partition coefficient (Wildman–Crippen LogP) is 2.81. The molecule has 1 aromatic carbocycles. The lowest BCUT2D eigenvalue weighted by molar-refractivity contribution is -0.186. The molecule has 0 heterocycles. The van der Waals surface area contributed by atoms with E-state index >= 15 is 0 Å². The van der Waals surface area contributed by atoms with Crippen LogP contribution in [0.15, 0.2) is 18.2 Å². The zero-order valence-corrected chi connectivity index (χ0v) is 10.6. The molecule has 0 aromatic heterocycles. The van der Waals surface area contributed by atoms with Crippen LogP contribution < -0.4 is 10.1 Å². The number of hydrogen-bond acceptors (Lipinski definition) is 3. The molecule has 1 N–H and O–H groups in total. The minimum atomic E-state index is -4.32. The van der Waals surface area contributed by atoms with Crippen molar-refractivity contribution >= 4 is 0 Å². The maximum atomic E-state index is 11.9. The molecule has 0 aliphatic heterocycles. The van der Waals surface area contributed by atoms with Gasteiger partial charge in [0.05, 0.1) is 0 Å². The third kappa shape index (κ3) is 3.84. The minimum Gasteiger partial charge on any atom is -0.468 e. The Kier molecular flexibility index (Phi) is 4.31. The molecule has 0 fully saturated rings. The van der Waals surface area contributed by atoms with Crippen molar-refractivity contribution < 1.29 is 22.6 Å². The van der Waals surface area contributed by atoms with Crippen molar-refractivity contribution in [3.63, 3.8) is 0 Å². The van der Waals surface area contributed by atoms with Crippen LogP contribution in [-0.4, -0.2) is 26.6 Å². The molecule has 1 aliphatic rings. The average molecular weight is 275 g/mol. The molecule has 0 bridgehead atoms. The molecule has 1 unspecified atom stereocenters. The monoisotopic (exact) mass is 275 g/mol. The van der Waals surface area contributed by atoms with E-state index in [1.54, 1.807) is 6.07 Å². The first-order chi connectivity index (χ1) is 8.99. The second kappa shape index (κ2) is 5.79. The molecule has 0 spiro atoms. The highest BCUT2D eigenvalue weighted by Crippen LogP contribution is 2.33. The van der Waals surface area contributed by atoms with Crippen LogP contribution in [0.1, 0.15) is 23.6 Å². The number of rotatable bonds is 5. The van der Waals surface area contributed by atoms with Gasteiger partial charge in [0, 0.05) is 6.04 Å². The fraction of sp³-hybridized carbons (Fsp3) is 0.538. The Morgan fingerprint density at radius 1 is 1.37 bits per heavy atom. The molecule has 19 heavy (non-hydrogen) atoms. The highest BCUT2D eigenvalue weighted by Gasteiger charge is 2.27. The maximum absolute atomic E-state index is 11.9. The SMILES string of the molecule is CNC1CCc2cc(OCOCC(F)(F)F)ccc21. The van der Waals surface area contributed by atoms with Crippen LogP contribution in [0.2, 0.25) is 0 Å². The third-order valence-corrected chi connectivity index (χ3v) is 3.12. The van der Waals surface area contributed by atoms with Crippen LogP contribution in [0.5, 0.6) is 5.75 Å². The largest absolute Gasteiger partial charge is 0.468 e. The Bertz CT molecular complexity index is 434. The average Bonchev–Trinajstić information content (AvgIpc) is 2.75. The lowest BCUT2D eigenvalue weighted by Crippen LogP contribution is -2.19. The van der Waals surface area contributed by atoms with E-state index in [1.165, 1.54) is 11.1 Å². The second-order valence-corrected chi connectivity index (χ2v) is 4.47. The number of hydrogen-bond donors (Lipinski definition) is 1. The van der Waals surface area contributed by atoms with Gasteiger partial charge in [-0.05, 0) is 43.1 Å². The van der Waals surface area contributed by atoms with E-state index in [0.717, 1.165) is 12.8 Å². The molecule has 1 atom stereocenters. The lowest BCUT2D eigenvalue weighted by atomic mass is 10.1. The van der Waals surface area contributed by atoms with Gasteiger partial charge in [-0.15, -0.1) is 0 Å². The van der Waals surface area contributed by atoms with E-state index in [-0.39, 0.29) is 0 Å². The van der Waals surface area contributed by atoms with Crippen LogP contribution in [-0.2, 0) is 11.2 Å². The Morgan fingerprint density at radius 2 is 2.16 bits per heavy atom. The minimum absolute atomic E-state index is 0.352. The van der Waals surface area contributed by atoms with Gasteiger partial charge in [0.15, 0.2) is 6.79 Å². The van der Waals surface area contributed by atoms with Crippen molar-refractivity contribution in [3.05, 3.63) is 29.3 Å². The smallest absolute Gasteiger partial charge is 0.411 e. The van der Waals surface area contributed by atoms with Crippen LogP contribution in [0, 0.1) is 0 Å². The van der Waals surface area contributed by atoms with Gasteiger partial charge in [-0.3, -0.25) is 0 Å². The fourth-order valence-electron chi connectivity index (χ4n) is 2.25. The number of aryl methyl sites for hydroxylation is 1. The van der Waals surface area contributed by atoms with Crippen LogP contribution >= 0.6 is 0 Å². The molecular formula is C13H16F3NO2. The molecule has 3 nitrogen and oxygen atoms in total. The lowest BCUT2D eigenvalue weighted by Gasteiger charge is -2.12. The van der Waals surface area contributed by atoms with E-state index in [0.29, 0.717) is 11.8 Å². The number of halogens is 3. The Hall–Kier alpha value is -1.27. The van der Waals surface area contributed by atoms with Gasteiger partial charge in [0.2, 0.25) is 0 Å². The standard InChI is InChI=1S/C13H16F3NO2/c1-17-12-5-2-9-6-10(3-4-11(9)12)19-8-18-7-13(14,15)16/h3-4,6,12,17H,2,5,7-8H2,1H3. The summed E-state index contributed by atoms with van der Waals surface area (Å²) in [5.41, 5.74) is 2.40. The highest BCUT2D eigenvalue weighted by atomic mass is 19.4. The van der Waals surface area contributed by atoms with Gasteiger partial charge in [-0.1, -0.05) is 6.07 Å². The summed E-state index contributed by atoms with van der Waals surface area (Å²) in [5, 5.41) is 3.22. The van der Waals surface area contributed by atoms with Crippen molar-refractivity contribution in [1.82, 2.24) is 5.32 Å². The molecule has 0 radical (unpaired) electrons. The van der Waals surface area contributed by atoms with E-state index in [1.807, 2.05) is 19.2 Å². The molecule has 0 saturated heterocycles. The summed E-state index contributed by atoms with van der Waals surface area (Å²) < 4.78 is 45.1. The summed E-state index contributed by atoms with van der Waals surface area (Å²) in [5.74, 6) is 0.540. The van der Waals surface area contributed by atoms with Crippen LogP contribution in [0.4, 0.5) is 13.2 Å². The Labute approximate surface area is 109 Å². The highest BCUT2D eigenvalue weighted by molar-refractivity contribution is 5.40. The van der Waals surface area contributed by atoms with Gasteiger partial charge in [-0.25, -0.2) is 0 Å². The second-order valence-electron chi connectivity index (χ2n) is 4.47. The van der Waals surface area contributed by atoms with Gasteiger partial charge < -0.3 is 14.8 Å². The molecule has 0 saturated carbocycles. The number of ether oxygens (including phenoxy) is 2. The van der Waals surface area contributed by atoms with Crippen molar-refractivity contribution in [3.8, 4) is 5.75 Å². The zero-order valence-electron chi connectivity index (χ0n) is 10.6.